The fourth-order valence-electron chi connectivity index (χ4n) is 1.02. The number of halogens is 4. The molecule has 1 aromatic rings. The summed E-state index contributed by atoms with van der Waals surface area (Å²) in [6.45, 7) is -0.780. The molecule has 7 heteroatoms. The summed E-state index contributed by atoms with van der Waals surface area (Å²) in [5.74, 6) is -0.768. The standard InChI is InChI=1S/C9H7BrF3NO2/c10-7-2-1-5(14-8(16)4-15)3-6(7)9(11,12)13/h1-3,15H,4H2,(H,14,16). The Kier molecular flexibility index (Phi) is 3.93. The molecular weight excluding hydrogens is 291 g/mol. The molecule has 0 bridgehead atoms. The van der Waals surface area contributed by atoms with E-state index in [-0.39, 0.29) is 10.2 Å². The van der Waals surface area contributed by atoms with Crippen LogP contribution < -0.4 is 5.32 Å². The summed E-state index contributed by atoms with van der Waals surface area (Å²) in [7, 11) is 0. The van der Waals surface area contributed by atoms with Crippen LogP contribution in [0, 0.1) is 0 Å². The molecule has 1 aromatic carbocycles. The highest BCUT2D eigenvalue weighted by Gasteiger charge is 2.33. The molecule has 0 aromatic heterocycles. The second-order valence-electron chi connectivity index (χ2n) is 2.90. The van der Waals surface area contributed by atoms with E-state index in [1.54, 1.807) is 0 Å². The number of hydrogen-bond donors (Lipinski definition) is 2. The maximum Gasteiger partial charge on any atom is 0.417 e. The summed E-state index contributed by atoms with van der Waals surface area (Å²) in [6, 6.07) is 3.26. The summed E-state index contributed by atoms with van der Waals surface area (Å²) in [6.07, 6.45) is -4.50. The summed E-state index contributed by atoms with van der Waals surface area (Å²) in [5, 5.41) is 10.6. The van der Waals surface area contributed by atoms with Gasteiger partial charge in [0.15, 0.2) is 0 Å². The van der Waals surface area contributed by atoms with Gasteiger partial charge in [-0.3, -0.25) is 4.79 Å². The lowest BCUT2D eigenvalue weighted by molar-refractivity contribution is -0.138. The highest BCUT2D eigenvalue weighted by atomic mass is 79.9. The zero-order valence-electron chi connectivity index (χ0n) is 7.81. The topological polar surface area (TPSA) is 49.3 Å². The van der Waals surface area contributed by atoms with E-state index in [4.69, 9.17) is 5.11 Å². The number of carbonyl (C=O) groups is 1. The highest BCUT2D eigenvalue weighted by Crippen LogP contribution is 2.36. The van der Waals surface area contributed by atoms with E-state index in [1.807, 2.05) is 0 Å². The van der Waals surface area contributed by atoms with E-state index in [2.05, 4.69) is 21.2 Å². The van der Waals surface area contributed by atoms with Crippen LogP contribution in [0.15, 0.2) is 22.7 Å². The number of rotatable bonds is 2. The second kappa shape index (κ2) is 4.84. The third-order valence-electron chi connectivity index (χ3n) is 1.70. The first-order valence-corrected chi connectivity index (χ1v) is 4.91. The fourth-order valence-corrected chi connectivity index (χ4v) is 1.49. The minimum atomic E-state index is -4.50. The largest absolute Gasteiger partial charge is 0.417 e. The van der Waals surface area contributed by atoms with Gasteiger partial charge in [-0.1, -0.05) is 15.9 Å². The minimum Gasteiger partial charge on any atom is -0.387 e. The molecule has 0 aliphatic carbocycles. The number of aliphatic hydroxyl groups excluding tert-OH is 1. The van der Waals surface area contributed by atoms with Gasteiger partial charge < -0.3 is 10.4 Å². The van der Waals surface area contributed by atoms with Gasteiger partial charge in [0.25, 0.3) is 0 Å². The fraction of sp³-hybridized carbons (Fsp3) is 0.222. The van der Waals surface area contributed by atoms with Gasteiger partial charge >= 0.3 is 6.18 Å². The second-order valence-corrected chi connectivity index (χ2v) is 3.75. The van der Waals surface area contributed by atoms with Crippen molar-refractivity contribution < 1.29 is 23.1 Å². The van der Waals surface area contributed by atoms with Gasteiger partial charge in [0.05, 0.1) is 5.56 Å². The number of benzene rings is 1. The number of amides is 1. The average Bonchev–Trinajstić information content (AvgIpc) is 2.19. The minimum absolute atomic E-state index is 0.0189. The third-order valence-corrected chi connectivity index (χ3v) is 2.39. The quantitative estimate of drug-likeness (QED) is 0.881. The molecule has 0 heterocycles. The first-order valence-electron chi connectivity index (χ1n) is 4.12. The highest BCUT2D eigenvalue weighted by molar-refractivity contribution is 9.10. The van der Waals surface area contributed by atoms with Gasteiger partial charge in [-0.2, -0.15) is 13.2 Å². The van der Waals surface area contributed by atoms with E-state index in [0.717, 1.165) is 6.07 Å². The number of anilines is 1. The van der Waals surface area contributed by atoms with Gasteiger partial charge in [-0.05, 0) is 18.2 Å². The van der Waals surface area contributed by atoms with Crippen molar-refractivity contribution in [2.75, 3.05) is 11.9 Å². The van der Waals surface area contributed by atoms with Gasteiger partial charge in [0.2, 0.25) is 5.91 Å². The summed E-state index contributed by atoms with van der Waals surface area (Å²) >= 11 is 2.77. The van der Waals surface area contributed by atoms with Gasteiger partial charge in [-0.15, -0.1) is 0 Å². The van der Waals surface area contributed by atoms with Crippen molar-refractivity contribution in [3.05, 3.63) is 28.2 Å². The van der Waals surface area contributed by atoms with Gasteiger partial charge in [0.1, 0.15) is 6.61 Å². The molecule has 0 saturated carbocycles. The van der Waals surface area contributed by atoms with Crippen LogP contribution in [0.2, 0.25) is 0 Å². The lowest BCUT2D eigenvalue weighted by atomic mass is 10.2. The molecule has 0 atom stereocenters. The maximum absolute atomic E-state index is 12.5. The van der Waals surface area contributed by atoms with E-state index in [9.17, 15) is 18.0 Å². The van der Waals surface area contributed by atoms with Crippen molar-refractivity contribution in [3.63, 3.8) is 0 Å². The number of hydrogen-bond acceptors (Lipinski definition) is 2. The molecule has 0 fully saturated rings. The molecular formula is C9H7BrF3NO2. The number of alkyl halides is 3. The Bertz CT molecular complexity index is 406. The molecule has 3 nitrogen and oxygen atoms in total. The van der Waals surface area contributed by atoms with Crippen molar-refractivity contribution in [2.45, 2.75) is 6.18 Å². The third kappa shape index (κ3) is 3.21. The molecule has 0 aliphatic rings. The van der Waals surface area contributed by atoms with Crippen LogP contribution in [-0.2, 0) is 11.0 Å². The molecule has 0 unspecified atom stereocenters. The predicted molar refractivity (Wildman–Crippen MR) is 54.9 cm³/mol. The summed E-state index contributed by atoms with van der Waals surface area (Å²) in [4.78, 5) is 10.8. The van der Waals surface area contributed by atoms with Crippen LogP contribution in [0.5, 0.6) is 0 Å². The van der Waals surface area contributed by atoms with E-state index >= 15 is 0 Å². The first-order chi connectivity index (χ1) is 7.34. The molecule has 0 radical (unpaired) electrons. The Labute approximate surface area is 97.4 Å². The van der Waals surface area contributed by atoms with E-state index in [1.165, 1.54) is 12.1 Å². The smallest absolute Gasteiger partial charge is 0.387 e. The molecule has 0 spiro atoms. The Morgan fingerprint density at radius 3 is 2.56 bits per heavy atom. The zero-order valence-corrected chi connectivity index (χ0v) is 9.39. The maximum atomic E-state index is 12.5. The van der Waals surface area contributed by atoms with Gasteiger partial charge in [-0.25, -0.2) is 0 Å². The molecule has 0 saturated heterocycles. The van der Waals surface area contributed by atoms with Crippen LogP contribution in [-0.4, -0.2) is 17.6 Å². The molecule has 1 rings (SSSR count). The predicted octanol–water partition coefficient (Wildman–Crippen LogP) is 2.40. The lowest BCUT2D eigenvalue weighted by Gasteiger charge is -2.11. The van der Waals surface area contributed by atoms with Crippen LogP contribution in [0.1, 0.15) is 5.56 Å². The van der Waals surface area contributed by atoms with Crippen molar-refractivity contribution in [2.24, 2.45) is 0 Å². The number of nitrogens with one attached hydrogen (secondary N) is 1. The van der Waals surface area contributed by atoms with E-state index < -0.39 is 24.3 Å². The average molecular weight is 298 g/mol. The molecule has 2 N–H and O–H groups in total. The van der Waals surface area contributed by atoms with Crippen LogP contribution in [0.25, 0.3) is 0 Å². The Morgan fingerprint density at radius 2 is 2.06 bits per heavy atom. The zero-order chi connectivity index (χ0) is 12.3. The summed E-state index contributed by atoms with van der Waals surface area (Å²) in [5.41, 5.74) is -0.905. The molecule has 16 heavy (non-hydrogen) atoms. The number of carbonyl (C=O) groups excluding carboxylic acids is 1. The lowest BCUT2D eigenvalue weighted by Crippen LogP contribution is -2.16. The molecule has 0 aliphatic heterocycles. The number of aliphatic hydroxyl groups is 1. The summed E-state index contributed by atoms with van der Waals surface area (Å²) < 4.78 is 37.3. The van der Waals surface area contributed by atoms with Crippen LogP contribution in [0.4, 0.5) is 18.9 Å². The Hall–Kier alpha value is -1.08. The van der Waals surface area contributed by atoms with Crippen LogP contribution >= 0.6 is 15.9 Å². The molecule has 1 amide bonds. The van der Waals surface area contributed by atoms with Crippen molar-refractivity contribution >= 4 is 27.5 Å². The van der Waals surface area contributed by atoms with Crippen molar-refractivity contribution in [1.82, 2.24) is 0 Å². The van der Waals surface area contributed by atoms with E-state index in [0.29, 0.717) is 0 Å². The normalized spacial score (nSPS) is 11.3. The Balaban J connectivity index is 3.03. The first kappa shape index (κ1) is 13.0. The van der Waals surface area contributed by atoms with Crippen molar-refractivity contribution in [3.8, 4) is 0 Å². The monoisotopic (exact) mass is 297 g/mol. The van der Waals surface area contributed by atoms with Crippen molar-refractivity contribution in [1.29, 1.82) is 0 Å². The Morgan fingerprint density at radius 1 is 1.44 bits per heavy atom. The SMILES string of the molecule is O=C(CO)Nc1ccc(Br)c(C(F)(F)F)c1. The molecule has 88 valence electrons. The van der Waals surface area contributed by atoms with Crippen LogP contribution in [0.3, 0.4) is 0 Å². The van der Waals surface area contributed by atoms with Gasteiger partial charge in [0, 0.05) is 10.2 Å².